The molecule has 0 amide bonds. The number of nitriles is 1. The summed E-state index contributed by atoms with van der Waals surface area (Å²) in [5, 5.41) is 41.1. The maximum Gasteiger partial charge on any atom is 0.336 e. The predicted octanol–water partition coefficient (Wildman–Crippen LogP) is -1.54. The summed E-state index contributed by atoms with van der Waals surface area (Å²) in [6.45, 7) is 1.43. The van der Waals surface area contributed by atoms with E-state index in [0.717, 1.165) is 0 Å². The monoisotopic (exact) mass is 251 g/mol. The molecule has 0 unspecified atom stereocenters. The van der Waals surface area contributed by atoms with E-state index in [1.165, 1.54) is 6.92 Å². The fourth-order valence-electron chi connectivity index (χ4n) is 0.714. The summed E-state index contributed by atoms with van der Waals surface area (Å²) in [6.07, 6.45) is -2.29. The molecule has 0 fully saturated rings. The zero-order valence-electron chi connectivity index (χ0n) is 8.88. The van der Waals surface area contributed by atoms with Gasteiger partial charge in [0.2, 0.25) is 0 Å². The molecule has 0 saturated heterocycles. The summed E-state index contributed by atoms with van der Waals surface area (Å²) in [6, 6.07) is 1.75. The second-order valence-electron chi connectivity index (χ2n) is 2.70. The molecular formula is C8H13NO8. The van der Waals surface area contributed by atoms with E-state index in [4.69, 9.17) is 25.7 Å². The van der Waals surface area contributed by atoms with Gasteiger partial charge in [0, 0.05) is 6.92 Å². The molecule has 0 aliphatic rings. The van der Waals surface area contributed by atoms with Gasteiger partial charge in [-0.25, -0.2) is 4.79 Å². The van der Waals surface area contributed by atoms with Gasteiger partial charge in [-0.2, -0.15) is 5.26 Å². The number of carboxylic acid groups (broad SMARTS) is 3. The molecule has 9 heteroatoms. The van der Waals surface area contributed by atoms with Crippen LogP contribution < -0.4 is 0 Å². The molecule has 0 spiro atoms. The summed E-state index contributed by atoms with van der Waals surface area (Å²) in [7, 11) is 0. The molecule has 0 rings (SSSR count). The van der Waals surface area contributed by atoms with E-state index in [1.807, 2.05) is 0 Å². The molecule has 9 nitrogen and oxygen atoms in total. The molecule has 0 aromatic rings. The highest BCUT2D eigenvalue weighted by molar-refractivity contribution is 5.88. The Balaban J connectivity index is -0.000000440. The van der Waals surface area contributed by atoms with Crippen molar-refractivity contribution in [3.63, 3.8) is 0 Å². The number of hydrogen-bond acceptors (Lipinski definition) is 5. The highest BCUT2D eigenvalue weighted by Crippen LogP contribution is 2.15. The molecule has 0 heterocycles. The van der Waals surface area contributed by atoms with Crippen molar-refractivity contribution in [2.45, 2.75) is 25.4 Å². The van der Waals surface area contributed by atoms with Crippen molar-refractivity contribution in [2.75, 3.05) is 0 Å². The van der Waals surface area contributed by atoms with Crippen LogP contribution in [0.2, 0.25) is 0 Å². The largest absolute Gasteiger partial charge is 0.481 e. The van der Waals surface area contributed by atoms with E-state index >= 15 is 0 Å². The normalized spacial score (nSPS) is 8.76. The van der Waals surface area contributed by atoms with E-state index in [2.05, 4.69) is 0 Å². The molecule has 6 N–H and O–H groups in total. The van der Waals surface area contributed by atoms with Crippen LogP contribution in [-0.2, 0) is 14.4 Å². The maximum absolute atomic E-state index is 10.3. The van der Waals surface area contributed by atoms with Crippen molar-refractivity contribution >= 4 is 17.9 Å². The molecule has 0 aromatic heterocycles. The Kier molecular flexibility index (Phi) is 10.8. The van der Waals surface area contributed by atoms with E-state index in [-0.39, 0.29) is 5.48 Å². The minimum Gasteiger partial charge on any atom is -0.481 e. The molecule has 0 saturated carbocycles. The van der Waals surface area contributed by atoms with Crippen LogP contribution in [0.25, 0.3) is 0 Å². The Labute approximate surface area is 95.8 Å². The summed E-state index contributed by atoms with van der Waals surface area (Å²) in [5.41, 5.74) is -2.74. The molecule has 0 aliphatic heterocycles. The van der Waals surface area contributed by atoms with Crippen LogP contribution in [0.3, 0.4) is 0 Å². The minimum atomic E-state index is -2.74. The van der Waals surface area contributed by atoms with Gasteiger partial charge in [-0.1, -0.05) is 0 Å². The number of aliphatic carboxylic acids is 3. The van der Waals surface area contributed by atoms with Gasteiger partial charge >= 0.3 is 17.9 Å². The van der Waals surface area contributed by atoms with Gasteiger partial charge in [0.15, 0.2) is 5.60 Å². The number of hydrogen-bond donors (Lipinski definition) is 4. The van der Waals surface area contributed by atoms with E-state index < -0.39 is 36.4 Å². The molecule has 0 aromatic carbocycles. The first-order valence-electron chi connectivity index (χ1n) is 3.89. The first-order chi connectivity index (χ1) is 7.19. The van der Waals surface area contributed by atoms with E-state index in [9.17, 15) is 14.4 Å². The van der Waals surface area contributed by atoms with Crippen LogP contribution in [0.1, 0.15) is 19.8 Å². The predicted molar refractivity (Wildman–Crippen MR) is 52.0 cm³/mol. The Morgan fingerprint density at radius 3 is 1.47 bits per heavy atom. The van der Waals surface area contributed by atoms with E-state index in [0.29, 0.717) is 0 Å². The first-order valence-corrected chi connectivity index (χ1v) is 3.89. The van der Waals surface area contributed by atoms with Gasteiger partial charge in [0.25, 0.3) is 0 Å². The molecular weight excluding hydrogens is 238 g/mol. The van der Waals surface area contributed by atoms with Crippen LogP contribution in [-0.4, -0.2) is 49.4 Å². The van der Waals surface area contributed by atoms with Gasteiger partial charge in [0.1, 0.15) is 0 Å². The molecule has 0 aliphatic carbocycles. The Bertz CT molecular complexity index is 302. The molecule has 0 bridgehead atoms. The van der Waals surface area contributed by atoms with Gasteiger partial charge in [-0.05, 0) is 0 Å². The fourth-order valence-corrected chi connectivity index (χ4v) is 0.714. The molecule has 17 heavy (non-hydrogen) atoms. The zero-order chi connectivity index (χ0) is 13.4. The van der Waals surface area contributed by atoms with Gasteiger partial charge < -0.3 is 25.9 Å². The van der Waals surface area contributed by atoms with Crippen LogP contribution in [0.4, 0.5) is 0 Å². The van der Waals surface area contributed by atoms with Crippen molar-refractivity contribution in [2.24, 2.45) is 0 Å². The Hall–Kier alpha value is -2.18. The molecule has 98 valence electrons. The third kappa shape index (κ3) is 10.1. The fraction of sp³-hybridized carbons (Fsp3) is 0.500. The summed E-state index contributed by atoms with van der Waals surface area (Å²) in [5.74, 6) is -5.02. The highest BCUT2D eigenvalue weighted by Gasteiger charge is 2.40. The van der Waals surface area contributed by atoms with Crippen LogP contribution >= 0.6 is 0 Å². The minimum absolute atomic E-state index is 0. The van der Waals surface area contributed by atoms with Gasteiger partial charge in [-0.3, -0.25) is 9.59 Å². The quantitative estimate of drug-likeness (QED) is 0.451. The number of aliphatic hydroxyl groups is 1. The SMILES string of the molecule is CC#N.O.O=C(O)CC(O)(CC(=O)O)C(=O)O. The molecule has 0 radical (unpaired) electrons. The molecule has 0 atom stereocenters. The Morgan fingerprint density at radius 1 is 1.12 bits per heavy atom. The number of rotatable bonds is 5. The van der Waals surface area contributed by atoms with Crippen molar-refractivity contribution in [3.05, 3.63) is 0 Å². The average Bonchev–Trinajstić information content (AvgIpc) is 2.01. The van der Waals surface area contributed by atoms with Crippen LogP contribution in [0.5, 0.6) is 0 Å². The number of carbonyl (C=O) groups is 3. The third-order valence-electron chi connectivity index (χ3n) is 1.29. The third-order valence-corrected chi connectivity index (χ3v) is 1.29. The van der Waals surface area contributed by atoms with Crippen molar-refractivity contribution in [1.82, 2.24) is 0 Å². The lowest BCUT2D eigenvalue weighted by molar-refractivity contribution is -0.170. The number of carboxylic acids is 3. The lowest BCUT2D eigenvalue weighted by atomic mass is 9.96. The van der Waals surface area contributed by atoms with Crippen molar-refractivity contribution in [3.8, 4) is 6.07 Å². The standard InChI is InChI=1S/C6H8O7.C2H3N.H2O/c7-3(8)1-6(13,5(11)12)2-4(9)10;1-2-3;/h13H,1-2H2,(H,7,8)(H,9,10)(H,11,12);1H3;1H2. The second kappa shape index (κ2) is 9.08. The van der Waals surface area contributed by atoms with Crippen molar-refractivity contribution in [1.29, 1.82) is 5.26 Å². The lowest BCUT2D eigenvalue weighted by Crippen LogP contribution is -2.42. The Morgan fingerprint density at radius 2 is 1.35 bits per heavy atom. The van der Waals surface area contributed by atoms with Gasteiger partial charge in [0.05, 0.1) is 18.9 Å². The van der Waals surface area contributed by atoms with Crippen LogP contribution in [0.15, 0.2) is 0 Å². The maximum atomic E-state index is 10.3. The van der Waals surface area contributed by atoms with E-state index in [1.54, 1.807) is 6.07 Å². The highest BCUT2D eigenvalue weighted by atomic mass is 16.4. The first kappa shape index (κ1) is 20.3. The second-order valence-corrected chi connectivity index (χ2v) is 2.70. The summed E-state index contributed by atoms with van der Waals surface area (Å²) >= 11 is 0. The smallest absolute Gasteiger partial charge is 0.336 e. The number of nitrogens with zero attached hydrogens (tertiary/aromatic N) is 1. The van der Waals surface area contributed by atoms with Crippen LogP contribution in [0, 0.1) is 11.3 Å². The van der Waals surface area contributed by atoms with Crippen molar-refractivity contribution < 1.29 is 40.3 Å². The summed E-state index contributed by atoms with van der Waals surface area (Å²) < 4.78 is 0. The topological polar surface area (TPSA) is 187 Å². The average molecular weight is 251 g/mol. The summed E-state index contributed by atoms with van der Waals surface area (Å²) in [4.78, 5) is 30.5. The lowest BCUT2D eigenvalue weighted by Gasteiger charge is -2.18. The zero-order valence-corrected chi connectivity index (χ0v) is 8.88. The van der Waals surface area contributed by atoms with Gasteiger partial charge in [-0.15, -0.1) is 0 Å².